The second-order valence-electron chi connectivity index (χ2n) is 6.33. The van der Waals surface area contributed by atoms with Crippen molar-refractivity contribution in [3.8, 4) is 0 Å². The van der Waals surface area contributed by atoms with Gasteiger partial charge < -0.3 is 10.5 Å². The molecule has 0 aromatic heterocycles. The van der Waals surface area contributed by atoms with Crippen LogP contribution in [0.3, 0.4) is 0 Å². The summed E-state index contributed by atoms with van der Waals surface area (Å²) in [6, 6.07) is 0. The van der Waals surface area contributed by atoms with Crippen molar-refractivity contribution in [1.82, 2.24) is 0 Å². The van der Waals surface area contributed by atoms with Crippen molar-refractivity contribution >= 4 is 0 Å². The minimum absolute atomic E-state index is 0.404. The quantitative estimate of drug-likeness (QED) is 0.712. The Kier molecular flexibility index (Phi) is 7.25. The van der Waals surface area contributed by atoms with Crippen molar-refractivity contribution in [2.24, 2.45) is 23.0 Å². The molecule has 0 heterocycles. The second kappa shape index (κ2) is 8.16. The van der Waals surface area contributed by atoms with Crippen LogP contribution in [0, 0.1) is 17.3 Å². The zero-order valence-corrected chi connectivity index (χ0v) is 12.7. The molecular weight excluding hydrogens is 222 g/mol. The number of rotatable bonds is 8. The van der Waals surface area contributed by atoms with Gasteiger partial charge in [0.05, 0.1) is 0 Å². The fourth-order valence-electron chi connectivity index (χ4n) is 3.53. The van der Waals surface area contributed by atoms with E-state index in [-0.39, 0.29) is 0 Å². The summed E-state index contributed by atoms with van der Waals surface area (Å²) in [6.45, 7) is 6.40. The van der Waals surface area contributed by atoms with Gasteiger partial charge >= 0.3 is 0 Å². The normalized spacial score (nSPS) is 30.3. The van der Waals surface area contributed by atoms with Crippen molar-refractivity contribution in [3.63, 3.8) is 0 Å². The van der Waals surface area contributed by atoms with E-state index in [1.165, 1.54) is 44.9 Å². The highest BCUT2D eigenvalue weighted by molar-refractivity contribution is 4.90. The summed E-state index contributed by atoms with van der Waals surface area (Å²) < 4.78 is 5.23. The highest BCUT2D eigenvalue weighted by Gasteiger charge is 2.38. The van der Waals surface area contributed by atoms with Gasteiger partial charge in [0.2, 0.25) is 0 Å². The van der Waals surface area contributed by atoms with Crippen LogP contribution in [0.1, 0.15) is 65.2 Å². The Morgan fingerprint density at radius 2 is 2.00 bits per heavy atom. The lowest BCUT2D eigenvalue weighted by Gasteiger charge is -2.44. The van der Waals surface area contributed by atoms with Gasteiger partial charge in [-0.25, -0.2) is 0 Å². The molecule has 1 rings (SSSR count). The van der Waals surface area contributed by atoms with Gasteiger partial charge in [0.25, 0.3) is 0 Å². The molecule has 1 unspecified atom stereocenters. The first kappa shape index (κ1) is 16.0. The third kappa shape index (κ3) is 4.24. The largest absolute Gasteiger partial charge is 0.385 e. The van der Waals surface area contributed by atoms with Crippen LogP contribution in [0.5, 0.6) is 0 Å². The fraction of sp³-hybridized carbons (Fsp3) is 1.00. The van der Waals surface area contributed by atoms with E-state index >= 15 is 0 Å². The first-order chi connectivity index (χ1) is 8.68. The SMILES string of the molecule is CCCCC1CCC(CN)(C(C)CCOC)CC1. The smallest absolute Gasteiger partial charge is 0.0465 e. The fourth-order valence-corrected chi connectivity index (χ4v) is 3.53. The summed E-state index contributed by atoms with van der Waals surface area (Å²) in [6.07, 6.45) is 10.8. The van der Waals surface area contributed by atoms with E-state index in [1.807, 2.05) is 0 Å². The van der Waals surface area contributed by atoms with Crippen LogP contribution < -0.4 is 5.73 Å². The van der Waals surface area contributed by atoms with Crippen molar-refractivity contribution < 1.29 is 4.74 Å². The van der Waals surface area contributed by atoms with Gasteiger partial charge in [-0.1, -0.05) is 33.1 Å². The Labute approximate surface area is 114 Å². The van der Waals surface area contributed by atoms with Gasteiger partial charge in [0.15, 0.2) is 0 Å². The highest BCUT2D eigenvalue weighted by Crippen LogP contribution is 2.45. The average Bonchev–Trinajstić information content (AvgIpc) is 2.43. The number of methoxy groups -OCH3 is 1. The van der Waals surface area contributed by atoms with Gasteiger partial charge in [0.1, 0.15) is 0 Å². The molecule has 1 saturated carbocycles. The number of hydrogen-bond donors (Lipinski definition) is 1. The lowest BCUT2D eigenvalue weighted by atomic mass is 9.63. The topological polar surface area (TPSA) is 35.2 Å². The Morgan fingerprint density at radius 1 is 1.33 bits per heavy atom. The number of unbranched alkanes of at least 4 members (excludes halogenated alkanes) is 1. The van der Waals surface area contributed by atoms with E-state index in [1.54, 1.807) is 7.11 Å². The molecule has 0 saturated heterocycles. The van der Waals surface area contributed by atoms with Crippen molar-refractivity contribution in [3.05, 3.63) is 0 Å². The predicted molar refractivity (Wildman–Crippen MR) is 78.6 cm³/mol. The minimum Gasteiger partial charge on any atom is -0.385 e. The average molecular weight is 255 g/mol. The first-order valence-electron chi connectivity index (χ1n) is 7.87. The molecule has 0 amide bonds. The van der Waals surface area contributed by atoms with Crippen LogP contribution in [0.25, 0.3) is 0 Å². The maximum Gasteiger partial charge on any atom is 0.0465 e. The minimum atomic E-state index is 0.404. The summed E-state index contributed by atoms with van der Waals surface area (Å²) in [4.78, 5) is 0. The van der Waals surface area contributed by atoms with Gasteiger partial charge in [0, 0.05) is 13.7 Å². The Bertz CT molecular complexity index is 209. The Hall–Kier alpha value is -0.0800. The van der Waals surface area contributed by atoms with Crippen molar-refractivity contribution in [1.29, 1.82) is 0 Å². The maximum absolute atomic E-state index is 6.12. The monoisotopic (exact) mass is 255 g/mol. The molecule has 2 heteroatoms. The molecule has 108 valence electrons. The molecule has 0 spiro atoms. The molecule has 1 fully saturated rings. The Morgan fingerprint density at radius 3 is 2.50 bits per heavy atom. The number of nitrogens with two attached hydrogens (primary N) is 1. The van der Waals surface area contributed by atoms with Gasteiger partial charge in [-0.15, -0.1) is 0 Å². The Balaban J connectivity index is 2.43. The van der Waals surface area contributed by atoms with Crippen molar-refractivity contribution in [2.75, 3.05) is 20.3 Å². The highest BCUT2D eigenvalue weighted by atomic mass is 16.5. The molecule has 0 aromatic carbocycles. The maximum atomic E-state index is 6.12. The van der Waals surface area contributed by atoms with Crippen LogP contribution in [0.15, 0.2) is 0 Å². The molecule has 0 aromatic rings. The summed E-state index contributed by atoms with van der Waals surface area (Å²) in [5.41, 5.74) is 6.52. The first-order valence-corrected chi connectivity index (χ1v) is 7.87. The van der Waals surface area contributed by atoms with E-state index < -0.39 is 0 Å². The molecule has 2 nitrogen and oxygen atoms in total. The third-order valence-electron chi connectivity index (χ3n) is 5.27. The second-order valence-corrected chi connectivity index (χ2v) is 6.33. The number of hydrogen-bond acceptors (Lipinski definition) is 2. The van der Waals surface area contributed by atoms with E-state index in [0.717, 1.165) is 25.5 Å². The summed E-state index contributed by atoms with van der Waals surface area (Å²) >= 11 is 0. The van der Waals surface area contributed by atoms with E-state index in [0.29, 0.717) is 11.3 Å². The molecule has 1 aliphatic rings. The zero-order valence-electron chi connectivity index (χ0n) is 12.7. The van der Waals surface area contributed by atoms with Gasteiger partial charge in [-0.05, 0) is 55.9 Å². The molecule has 1 atom stereocenters. The summed E-state index contributed by atoms with van der Waals surface area (Å²) in [5, 5.41) is 0. The predicted octanol–water partition coefficient (Wildman–Crippen LogP) is 3.98. The van der Waals surface area contributed by atoms with Crippen LogP contribution >= 0.6 is 0 Å². The van der Waals surface area contributed by atoms with E-state index in [2.05, 4.69) is 13.8 Å². The summed E-state index contributed by atoms with van der Waals surface area (Å²) in [7, 11) is 1.80. The molecule has 0 aliphatic heterocycles. The van der Waals surface area contributed by atoms with Crippen molar-refractivity contribution in [2.45, 2.75) is 65.2 Å². The van der Waals surface area contributed by atoms with Crippen LogP contribution in [-0.2, 0) is 4.74 Å². The molecule has 1 aliphatic carbocycles. The zero-order chi connectivity index (χ0) is 13.4. The molecule has 0 radical (unpaired) electrons. The lowest BCUT2D eigenvalue weighted by Crippen LogP contribution is -2.40. The van der Waals surface area contributed by atoms with E-state index in [4.69, 9.17) is 10.5 Å². The molecule has 2 N–H and O–H groups in total. The van der Waals surface area contributed by atoms with Crippen LogP contribution in [-0.4, -0.2) is 20.3 Å². The van der Waals surface area contributed by atoms with Gasteiger partial charge in [-0.2, -0.15) is 0 Å². The summed E-state index contributed by atoms with van der Waals surface area (Å²) in [5.74, 6) is 1.67. The third-order valence-corrected chi connectivity index (χ3v) is 5.27. The van der Waals surface area contributed by atoms with E-state index in [9.17, 15) is 0 Å². The standard InChI is InChI=1S/C16H33NO/c1-4-5-6-15-7-10-16(13-17,11-8-15)14(2)9-12-18-3/h14-15H,4-13,17H2,1-3H3. The van der Waals surface area contributed by atoms with Crippen LogP contribution in [0.4, 0.5) is 0 Å². The van der Waals surface area contributed by atoms with Gasteiger partial charge in [-0.3, -0.25) is 0 Å². The lowest BCUT2D eigenvalue weighted by molar-refractivity contribution is 0.0628. The van der Waals surface area contributed by atoms with Crippen LogP contribution in [0.2, 0.25) is 0 Å². The number of ether oxygens (including phenoxy) is 1. The molecular formula is C16H33NO. The molecule has 18 heavy (non-hydrogen) atoms. The molecule has 0 bridgehead atoms.